The van der Waals surface area contributed by atoms with Gasteiger partial charge in [0.05, 0.1) is 0 Å². The molecular weight excluding hydrogens is 134 g/mol. The first-order valence-corrected chi connectivity index (χ1v) is 4.24. The minimum Gasteiger partial charge on any atom is -0.402 e. The zero-order valence-electron chi connectivity index (χ0n) is 7.59. The lowest BCUT2D eigenvalue weighted by atomic mass is 9.86. The molecule has 0 aromatic carbocycles. The number of nitrogens with two attached hydrogens (primary N) is 1. The summed E-state index contributed by atoms with van der Waals surface area (Å²) in [6.45, 7) is 6.55. The van der Waals surface area contributed by atoms with Crippen molar-refractivity contribution < 1.29 is 0 Å². The van der Waals surface area contributed by atoms with E-state index in [1.54, 1.807) is 0 Å². The van der Waals surface area contributed by atoms with Crippen LogP contribution in [0.15, 0.2) is 23.4 Å². The van der Waals surface area contributed by atoms with Gasteiger partial charge in [-0.3, -0.25) is 0 Å². The van der Waals surface area contributed by atoms with Gasteiger partial charge < -0.3 is 5.73 Å². The molecule has 11 heavy (non-hydrogen) atoms. The second kappa shape index (κ2) is 3.12. The lowest BCUT2D eigenvalue weighted by Crippen LogP contribution is -2.14. The van der Waals surface area contributed by atoms with Crippen molar-refractivity contribution in [3.63, 3.8) is 0 Å². The maximum atomic E-state index is 5.83. The highest BCUT2D eigenvalue weighted by Gasteiger charge is 2.14. The average molecular weight is 151 g/mol. The number of hydrogen-bond donors (Lipinski definition) is 1. The van der Waals surface area contributed by atoms with Crippen molar-refractivity contribution in [2.24, 2.45) is 17.6 Å². The fourth-order valence-corrected chi connectivity index (χ4v) is 1.32. The fourth-order valence-electron chi connectivity index (χ4n) is 1.32. The van der Waals surface area contributed by atoms with Crippen LogP contribution in [0.2, 0.25) is 0 Å². The molecule has 0 saturated carbocycles. The van der Waals surface area contributed by atoms with Crippen LogP contribution >= 0.6 is 0 Å². The molecule has 1 rings (SSSR count). The van der Waals surface area contributed by atoms with Crippen LogP contribution in [0, 0.1) is 11.8 Å². The molecule has 0 aromatic rings. The summed E-state index contributed by atoms with van der Waals surface area (Å²) < 4.78 is 0. The van der Waals surface area contributed by atoms with Gasteiger partial charge in [0.15, 0.2) is 0 Å². The molecule has 1 aliphatic rings. The van der Waals surface area contributed by atoms with E-state index in [9.17, 15) is 0 Å². The molecule has 0 saturated heterocycles. The van der Waals surface area contributed by atoms with Crippen molar-refractivity contribution in [1.29, 1.82) is 0 Å². The average Bonchev–Trinajstić information content (AvgIpc) is 1.94. The van der Waals surface area contributed by atoms with E-state index in [4.69, 9.17) is 5.73 Å². The van der Waals surface area contributed by atoms with E-state index < -0.39 is 0 Å². The molecule has 0 amide bonds. The molecule has 2 N–H and O–H groups in total. The van der Waals surface area contributed by atoms with E-state index in [1.807, 2.05) is 0 Å². The number of rotatable bonds is 1. The van der Waals surface area contributed by atoms with Gasteiger partial charge in [-0.1, -0.05) is 26.0 Å². The first-order chi connectivity index (χ1) is 5.11. The Morgan fingerprint density at radius 2 is 2.18 bits per heavy atom. The fraction of sp³-hybridized carbons (Fsp3) is 0.600. The summed E-state index contributed by atoms with van der Waals surface area (Å²) in [6.07, 6.45) is 5.46. The topological polar surface area (TPSA) is 26.0 Å². The third kappa shape index (κ3) is 1.86. The van der Waals surface area contributed by atoms with Gasteiger partial charge in [-0.25, -0.2) is 0 Å². The Bertz CT molecular complexity index is 199. The predicted molar refractivity (Wildman–Crippen MR) is 49.0 cm³/mol. The third-order valence-corrected chi connectivity index (χ3v) is 2.41. The Hall–Kier alpha value is -0.720. The highest BCUT2D eigenvalue weighted by atomic mass is 14.6. The maximum absolute atomic E-state index is 5.83. The predicted octanol–water partition coefficient (Wildman–Crippen LogP) is 2.45. The number of hydrogen-bond acceptors (Lipinski definition) is 1. The smallest absolute Gasteiger partial charge is 0.0116 e. The largest absolute Gasteiger partial charge is 0.402 e. The van der Waals surface area contributed by atoms with Gasteiger partial charge in [0.2, 0.25) is 0 Å². The van der Waals surface area contributed by atoms with Crippen molar-refractivity contribution in [3.05, 3.63) is 23.4 Å². The first-order valence-electron chi connectivity index (χ1n) is 4.24. The SMILES string of the molecule is CC1=C(N)CC(C(C)C)C=C1. The van der Waals surface area contributed by atoms with E-state index in [0.717, 1.165) is 12.1 Å². The summed E-state index contributed by atoms with van der Waals surface area (Å²) in [7, 11) is 0. The zero-order chi connectivity index (χ0) is 8.43. The molecule has 0 fully saturated rings. The second-order valence-corrected chi connectivity index (χ2v) is 3.68. The van der Waals surface area contributed by atoms with Crippen LogP contribution < -0.4 is 5.73 Å². The van der Waals surface area contributed by atoms with Gasteiger partial charge in [-0.15, -0.1) is 0 Å². The van der Waals surface area contributed by atoms with Gasteiger partial charge in [0.25, 0.3) is 0 Å². The molecule has 0 heterocycles. The first kappa shape index (κ1) is 8.38. The molecule has 0 bridgehead atoms. The Balaban J connectivity index is 2.67. The Labute approximate surface area is 69.0 Å². The van der Waals surface area contributed by atoms with E-state index in [-0.39, 0.29) is 0 Å². The highest BCUT2D eigenvalue weighted by molar-refractivity contribution is 5.27. The second-order valence-electron chi connectivity index (χ2n) is 3.68. The lowest BCUT2D eigenvalue weighted by Gasteiger charge is -2.21. The quantitative estimate of drug-likeness (QED) is 0.612. The van der Waals surface area contributed by atoms with E-state index in [0.29, 0.717) is 11.8 Å². The molecule has 1 unspecified atom stereocenters. The molecular formula is C10H17N. The lowest BCUT2D eigenvalue weighted by molar-refractivity contribution is 0.455. The van der Waals surface area contributed by atoms with Crippen LogP contribution in [0.1, 0.15) is 27.2 Å². The van der Waals surface area contributed by atoms with Crippen molar-refractivity contribution in [3.8, 4) is 0 Å². The van der Waals surface area contributed by atoms with Crippen LogP contribution in [0.25, 0.3) is 0 Å². The summed E-state index contributed by atoms with van der Waals surface area (Å²) >= 11 is 0. The van der Waals surface area contributed by atoms with Gasteiger partial charge in [-0.05, 0) is 30.8 Å². The van der Waals surface area contributed by atoms with Crippen molar-refractivity contribution >= 4 is 0 Å². The van der Waals surface area contributed by atoms with Crippen molar-refractivity contribution in [2.75, 3.05) is 0 Å². The maximum Gasteiger partial charge on any atom is 0.0116 e. The van der Waals surface area contributed by atoms with E-state index in [1.165, 1.54) is 5.57 Å². The number of allylic oxidation sites excluding steroid dienone is 4. The standard InChI is InChI=1S/C10H17N/c1-7(2)9-5-4-8(3)10(11)6-9/h4-5,7,9H,6,11H2,1-3H3. The van der Waals surface area contributed by atoms with Gasteiger partial charge in [-0.2, -0.15) is 0 Å². The summed E-state index contributed by atoms with van der Waals surface area (Å²) in [6, 6.07) is 0. The van der Waals surface area contributed by atoms with Crippen molar-refractivity contribution in [1.82, 2.24) is 0 Å². The molecule has 1 heteroatoms. The molecule has 1 atom stereocenters. The Kier molecular flexibility index (Phi) is 2.38. The summed E-state index contributed by atoms with van der Waals surface area (Å²) in [5, 5.41) is 0. The van der Waals surface area contributed by atoms with E-state index in [2.05, 4.69) is 32.9 Å². The molecule has 1 aliphatic carbocycles. The minimum atomic E-state index is 0.652. The molecule has 0 aliphatic heterocycles. The van der Waals surface area contributed by atoms with Gasteiger partial charge in [0, 0.05) is 5.70 Å². The van der Waals surface area contributed by atoms with Gasteiger partial charge in [0.1, 0.15) is 0 Å². The van der Waals surface area contributed by atoms with Crippen molar-refractivity contribution in [2.45, 2.75) is 27.2 Å². The third-order valence-electron chi connectivity index (χ3n) is 2.41. The summed E-state index contributed by atoms with van der Waals surface area (Å²) in [4.78, 5) is 0. The molecule has 0 radical (unpaired) electrons. The van der Waals surface area contributed by atoms with Crippen LogP contribution in [0.3, 0.4) is 0 Å². The molecule has 0 aromatic heterocycles. The highest BCUT2D eigenvalue weighted by Crippen LogP contribution is 2.25. The zero-order valence-corrected chi connectivity index (χ0v) is 7.59. The Morgan fingerprint density at radius 1 is 1.55 bits per heavy atom. The monoisotopic (exact) mass is 151 g/mol. The summed E-state index contributed by atoms with van der Waals surface area (Å²) in [5.74, 6) is 1.36. The van der Waals surface area contributed by atoms with Crippen LogP contribution in [0.4, 0.5) is 0 Å². The normalized spacial score (nSPS) is 24.9. The van der Waals surface area contributed by atoms with Crippen LogP contribution in [-0.4, -0.2) is 0 Å². The molecule has 62 valence electrons. The van der Waals surface area contributed by atoms with Crippen LogP contribution in [0.5, 0.6) is 0 Å². The van der Waals surface area contributed by atoms with E-state index >= 15 is 0 Å². The minimum absolute atomic E-state index is 0.652. The Morgan fingerprint density at radius 3 is 2.64 bits per heavy atom. The molecule has 0 spiro atoms. The van der Waals surface area contributed by atoms with Crippen LogP contribution in [-0.2, 0) is 0 Å². The van der Waals surface area contributed by atoms with Gasteiger partial charge >= 0.3 is 0 Å². The summed E-state index contributed by atoms with van der Waals surface area (Å²) in [5.41, 5.74) is 8.13. The molecule has 1 nitrogen and oxygen atoms in total.